The fraction of sp³-hybridized carbons (Fsp3) is 0.238. The van der Waals surface area contributed by atoms with Gasteiger partial charge in [-0.15, -0.1) is 0 Å². The largest absolute Gasteiger partial charge is 0.459 e. The molecule has 0 radical (unpaired) electrons. The van der Waals surface area contributed by atoms with Gasteiger partial charge in [-0.05, 0) is 50.2 Å². The highest BCUT2D eigenvalue weighted by atomic mass is 32.2. The van der Waals surface area contributed by atoms with E-state index >= 15 is 0 Å². The first kappa shape index (κ1) is 20.6. The number of hydrogen-bond donors (Lipinski definition) is 2. The smallest absolute Gasteiger partial charge is 0.338 e. The van der Waals surface area contributed by atoms with Gasteiger partial charge in [-0.3, -0.25) is 9.59 Å². The van der Waals surface area contributed by atoms with Crippen molar-refractivity contribution in [3.63, 3.8) is 0 Å². The lowest BCUT2D eigenvalue weighted by atomic mass is 10.2. The summed E-state index contributed by atoms with van der Waals surface area (Å²) in [4.78, 5) is 40.9. The van der Waals surface area contributed by atoms with Crippen molar-refractivity contribution in [2.45, 2.75) is 31.6 Å². The number of aliphatic imine (C=N–C) groups is 1. The Balaban J connectivity index is 1.64. The molecule has 1 aliphatic heterocycles. The Morgan fingerprint density at radius 2 is 1.83 bits per heavy atom. The van der Waals surface area contributed by atoms with Crippen molar-refractivity contribution in [3.8, 4) is 0 Å². The van der Waals surface area contributed by atoms with Crippen LogP contribution in [0.3, 0.4) is 0 Å². The molecule has 0 aliphatic carbocycles. The molecule has 7 nitrogen and oxygen atoms in total. The van der Waals surface area contributed by atoms with Gasteiger partial charge in [0.05, 0.1) is 17.4 Å². The van der Waals surface area contributed by atoms with E-state index in [1.807, 2.05) is 30.3 Å². The molecule has 1 fully saturated rings. The van der Waals surface area contributed by atoms with E-state index in [4.69, 9.17) is 4.74 Å². The van der Waals surface area contributed by atoms with Gasteiger partial charge in [-0.25, -0.2) is 9.79 Å². The van der Waals surface area contributed by atoms with Crippen molar-refractivity contribution in [2.75, 3.05) is 5.32 Å². The second-order valence-corrected chi connectivity index (χ2v) is 7.82. The molecule has 0 aromatic heterocycles. The summed E-state index contributed by atoms with van der Waals surface area (Å²) >= 11 is 1.20. The average Bonchev–Trinajstić information content (AvgIpc) is 2.68. The highest BCUT2D eigenvalue weighted by Gasteiger charge is 2.30. The van der Waals surface area contributed by atoms with E-state index in [1.54, 1.807) is 38.1 Å². The second-order valence-electron chi connectivity index (χ2n) is 6.63. The number of nitrogens with one attached hydrogen (secondary N) is 2. The average molecular weight is 411 g/mol. The molecule has 2 amide bonds. The van der Waals surface area contributed by atoms with Crippen molar-refractivity contribution in [1.82, 2.24) is 5.32 Å². The lowest BCUT2D eigenvalue weighted by Gasteiger charge is -2.22. The molecular weight excluding hydrogens is 390 g/mol. The summed E-state index contributed by atoms with van der Waals surface area (Å²) in [7, 11) is 0. The van der Waals surface area contributed by atoms with E-state index in [2.05, 4.69) is 15.6 Å². The molecule has 8 heteroatoms. The molecule has 2 N–H and O–H groups in total. The van der Waals surface area contributed by atoms with Crippen LogP contribution in [-0.2, 0) is 14.3 Å². The number of carbonyl (C=O) groups excluding carboxylic acids is 3. The number of para-hydroxylation sites is 1. The molecule has 0 bridgehead atoms. The number of anilines is 1. The Morgan fingerprint density at radius 1 is 1.14 bits per heavy atom. The number of carbonyl (C=O) groups is 3. The summed E-state index contributed by atoms with van der Waals surface area (Å²) in [6.07, 6.45) is -0.147. The van der Waals surface area contributed by atoms with Crippen molar-refractivity contribution >= 4 is 46.1 Å². The minimum Gasteiger partial charge on any atom is -0.459 e. The molecule has 3 rings (SSSR count). The van der Waals surface area contributed by atoms with Crippen molar-refractivity contribution in [1.29, 1.82) is 0 Å². The van der Waals surface area contributed by atoms with Crippen LogP contribution in [-0.4, -0.2) is 34.3 Å². The predicted molar refractivity (Wildman–Crippen MR) is 113 cm³/mol. The molecule has 1 heterocycles. The quantitative estimate of drug-likeness (QED) is 0.734. The SMILES string of the molecule is CC(C)OC(=O)c1ccc(NC(=O)[C@@H]2CC(=O)NC(=Nc3ccccc3)S2)cc1. The Bertz CT molecular complexity index is 927. The van der Waals surface area contributed by atoms with Crippen LogP contribution in [0.5, 0.6) is 0 Å². The van der Waals surface area contributed by atoms with Gasteiger partial charge in [-0.1, -0.05) is 30.0 Å². The van der Waals surface area contributed by atoms with E-state index in [0.717, 1.165) is 0 Å². The van der Waals surface area contributed by atoms with Crippen LogP contribution in [0.25, 0.3) is 0 Å². The molecule has 1 atom stereocenters. The van der Waals surface area contributed by atoms with Crippen LogP contribution in [0.1, 0.15) is 30.6 Å². The third-order valence-electron chi connectivity index (χ3n) is 3.88. The number of amidine groups is 1. The predicted octanol–water partition coefficient (Wildman–Crippen LogP) is 3.50. The summed E-state index contributed by atoms with van der Waals surface area (Å²) in [5, 5.41) is 5.26. The van der Waals surface area contributed by atoms with E-state index < -0.39 is 11.2 Å². The Labute approximate surface area is 172 Å². The third kappa shape index (κ3) is 5.92. The fourth-order valence-electron chi connectivity index (χ4n) is 2.56. The Kier molecular flexibility index (Phi) is 6.66. The lowest BCUT2D eigenvalue weighted by Crippen LogP contribution is -2.41. The van der Waals surface area contributed by atoms with Crippen molar-refractivity contribution < 1.29 is 19.1 Å². The van der Waals surface area contributed by atoms with E-state index in [0.29, 0.717) is 22.1 Å². The monoisotopic (exact) mass is 411 g/mol. The van der Waals surface area contributed by atoms with Crippen LogP contribution < -0.4 is 10.6 Å². The number of thioether (sulfide) groups is 1. The number of rotatable bonds is 5. The lowest BCUT2D eigenvalue weighted by molar-refractivity contribution is -0.123. The third-order valence-corrected chi connectivity index (χ3v) is 4.96. The first-order valence-electron chi connectivity index (χ1n) is 9.13. The molecule has 1 aliphatic rings. The molecule has 1 saturated heterocycles. The topological polar surface area (TPSA) is 96.9 Å². The van der Waals surface area contributed by atoms with Crippen molar-refractivity contribution in [3.05, 3.63) is 60.2 Å². The van der Waals surface area contributed by atoms with Gasteiger partial charge in [0.25, 0.3) is 0 Å². The standard InChI is InChI=1S/C21H21N3O4S/c1-13(2)28-20(27)14-8-10-16(11-9-14)22-19(26)17-12-18(25)24-21(29-17)23-15-6-4-3-5-7-15/h3-11,13,17H,12H2,1-2H3,(H,22,26)(H,23,24,25)/t17-/m0/s1. The number of hydrogen-bond acceptors (Lipinski definition) is 6. The summed E-state index contributed by atoms with van der Waals surface area (Å²) in [5.41, 5.74) is 1.63. The zero-order valence-corrected chi connectivity index (χ0v) is 16.9. The molecule has 29 heavy (non-hydrogen) atoms. The van der Waals surface area contributed by atoms with Crippen LogP contribution >= 0.6 is 11.8 Å². The number of benzene rings is 2. The molecule has 150 valence electrons. The van der Waals surface area contributed by atoms with Crippen molar-refractivity contribution in [2.24, 2.45) is 4.99 Å². The Hall–Kier alpha value is -3.13. The maximum absolute atomic E-state index is 12.6. The highest BCUT2D eigenvalue weighted by Crippen LogP contribution is 2.25. The maximum Gasteiger partial charge on any atom is 0.338 e. The molecule has 2 aromatic carbocycles. The first-order valence-corrected chi connectivity index (χ1v) is 10.0. The minimum absolute atomic E-state index is 0.0586. The van der Waals surface area contributed by atoms with Crippen LogP contribution in [0.15, 0.2) is 59.6 Å². The Morgan fingerprint density at radius 3 is 2.48 bits per heavy atom. The van der Waals surface area contributed by atoms with Gasteiger partial charge >= 0.3 is 5.97 Å². The molecular formula is C21H21N3O4S. The zero-order valence-electron chi connectivity index (χ0n) is 16.0. The van der Waals surface area contributed by atoms with Gasteiger partial charge in [-0.2, -0.15) is 0 Å². The van der Waals surface area contributed by atoms with E-state index in [9.17, 15) is 14.4 Å². The summed E-state index contributed by atoms with van der Waals surface area (Å²) in [5.74, 6) is -0.979. The van der Waals surface area contributed by atoms with Gasteiger partial charge in [0.15, 0.2) is 5.17 Å². The number of ether oxygens (including phenoxy) is 1. The summed E-state index contributed by atoms with van der Waals surface area (Å²) in [6, 6.07) is 15.6. The molecule has 2 aromatic rings. The van der Waals surface area contributed by atoms with Gasteiger partial charge in [0.2, 0.25) is 11.8 Å². The summed E-state index contributed by atoms with van der Waals surface area (Å²) < 4.78 is 5.14. The molecule has 0 spiro atoms. The van der Waals surface area contributed by atoms with Crippen LogP contribution in [0.4, 0.5) is 11.4 Å². The van der Waals surface area contributed by atoms with Gasteiger partial charge in [0, 0.05) is 12.1 Å². The maximum atomic E-state index is 12.6. The van der Waals surface area contributed by atoms with E-state index in [1.165, 1.54) is 11.8 Å². The number of nitrogens with zero attached hydrogens (tertiary/aromatic N) is 1. The number of amides is 2. The van der Waals surface area contributed by atoms with Crippen LogP contribution in [0, 0.1) is 0 Å². The zero-order chi connectivity index (χ0) is 20.8. The first-order chi connectivity index (χ1) is 13.9. The van der Waals surface area contributed by atoms with Gasteiger partial charge < -0.3 is 15.4 Å². The normalized spacial score (nSPS) is 17.7. The highest BCUT2D eigenvalue weighted by molar-refractivity contribution is 8.15. The van der Waals surface area contributed by atoms with E-state index in [-0.39, 0.29) is 24.3 Å². The second kappa shape index (κ2) is 9.38. The molecule has 0 saturated carbocycles. The number of esters is 1. The summed E-state index contributed by atoms with van der Waals surface area (Å²) in [6.45, 7) is 3.56. The molecule has 0 unspecified atom stereocenters. The fourth-order valence-corrected chi connectivity index (χ4v) is 3.56. The van der Waals surface area contributed by atoms with Crippen LogP contribution in [0.2, 0.25) is 0 Å². The minimum atomic E-state index is -0.600. The van der Waals surface area contributed by atoms with Gasteiger partial charge in [0.1, 0.15) is 5.25 Å².